The summed E-state index contributed by atoms with van der Waals surface area (Å²) in [5.74, 6) is 1.06. The molecule has 1 heterocycles. The van der Waals surface area contributed by atoms with Crippen molar-refractivity contribution < 1.29 is 4.79 Å². The summed E-state index contributed by atoms with van der Waals surface area (Å²) in [7, 11) is 0. The summed E-state index contributed by atoms with van der Waals surface area (Å²) >= 11 is 4.83. The van der Waals surface area contributed by atoms with E-state index in [0.29, 0.717) is 16.7 Å². The van der Waals surface area contributed by atoms with Gasteiger partial charge in [0.25, 0.3) is 0 Å². The zero-order valence-corrected chi connectivity index (χ0v) is 15.5. The predicted molar refractivity (Wildman–Crippen MR) is 97.4 cm³/mol. The molecule has 1 amide bonds. The Morgan fingerprint density at radius 1 is 1.30 bits per heavy atom. The van der Waals surface area contributed by atoms with Gasteiger partial charge in [-0.2, -0.15) is 0 Å². The first-order valence-corrected chi connectivity index (χ1v) is 9.55. The molecule has 2 N–H and O–H groups in total. The fourth-order valence-electron chi connectivity index (χ4n) is 2.05. The van der Waals surface area contributed by atoms with E-state index in [1.807, 2.05) is 24.3 Å². The fraction of sp³-hybridized carbons (Fsp3) is 0.438. The van der Waals surface area contributed by atoms with Crippen LogP contribution in [0.1, 0.15) is 32.6 Å². The van der Waals surface area contributed by atoms with Gasteiger partial charge in [-0.3, -0.25) is 9.89 Å². The second-order valence-corrected chi connectivity index (χ2v) is 6.94. The summed E-state index contributed by atoms with van der Waals surface area (Å²) in [4.78, 5) is 16.2. The zero-order chi connectivity index (χ0) is 16.5. The van der Waals surface area contributed by atoms with Crippen molar-refractivity contribution in [3.8, 4) is 11.4 Å². The van der Waals surface area contributed by atoms with Crippen molar-refractivity contribution in [2.24, 2.45) is 0 Å². The van der Waals surface area contributed by atoms with Crippen molar-refractivity contribution in [2.75, 3.05) is 12.3 Å². The van der Waals surface area contributed by atoms with Gasteiger partial charge < -0.3 is 5.32 Å². The van der Waals surface area contributed by atoms with Crippen LogP contribution in [0.4, 0.5) is 0 Å². The number of hydrogen-bond acceptors (Lipinski definition) is 4. The molecule has 124 valence electrons. The van der Waals surface area contributed by atoms with Gasteiger partial charge in [-0.15, -0.1) is 5.10 Å². The van der Waals surface area contributed by atoms with E-state index >= 15 is 0 Å². The molecule has 0 spiro atoms. The molecule has 0 unspecified atom stereocenters. The highest BCUT2D eigenvalue weighted by Crippen LogP contribution is 2.26. The molecule has 1 aromatic heterocycles. The second-order valence-electron chi connectivity index (χ2n) is 5.15. The number of aromatic amines is 1. The SMILES string of the molecule is CCCCCCNC(=O)CSc1n[nH]c(-c2ccccc2Br)n1. The number of aromatic nitrogens is 3. The Balaban J connectivity index is 1.77. The van der Waals surface area contributed by atoms with Crippen LogP contribution in [0.2, 0.25) is 0 Å². The number of benzene rings is 1. The van der Waals surface area contributed by atoms with E-state index in [1.54, 1.807) is 0 Å². The van der Waals surface area contributed by atoms with Gasteiger partial charge in [-0.1, -0.05) is 72.1 Å². The highest BCUT2D eigenvalue weighted by Gasteiger charge is 2.10. The Bertz CT molecular complexity index is 632. The van der Waals surface area contributed by atoms with Gasteiger partial charge in [0.15, 0.2) is 5.82 Å². The highest BCUT2D eigenvalue weighted by molar-refractivity contribution is 9.10. The van der Waals surface area contributed by atoms with Crippen LogP contribution in [-0.4, -0.2) is 33.4 Å². The van der Waals surface area contributed by atoms with Gasteiger partial charge in [0.1, 0.15) is 0 Å². The van der Waals surface area contributed by atoms with E-state index in [9.17, 15) is 4.79 Å². The molecule has 0 atom stereocenters. The Morgan fingerprint density at radius 2 is 2.13 bits per heavy atom. The lowest BCUT2D eigenvalue weighted by Gasteiger charge is -2.03. The average Bonchev–Trinajstić information content (AvgIpc) is 3.02. The van der Waals surface area contributed by atoms with Crippen molar-refractivity contribution in [3.63, 3.8) is 0 Å². The molecule has 1 aromatic carbocycles. The van der Waals surface area contributed by atoms with E-state index in [4.69, 9.17) is 0 Å². The van der Waals surface area contributed by atoms with E-state index < -0.39 is 0 Å². The number of halogens is 1. The third-order valence-electron chi connectivity index (χ3n) is 3.28. The Morgan fingerprint density at radius 3 is 2.91 bits per heavy atom. The van der Waals surface area contributed by atoms with Crippen molar-refractivity contribution in [1.29, 1.82) is 0 Å². The van der Waals surface area contributed by atoms with Crippen molar-refractivity contribution in [2.45, 2.75) is 37.8 Å². The van der Waals surface area contributed by atoms with Gasteiger partial charge in [-0.05, 0) is 12.5 Å². The van der Waals surface area contributed by atoms with Crippen LogP contribution in [-0.2, 0) is 4.79 Å². The molecule has 2 aromatic rings. The van der Waals surface area contributed by atoms with Crippen molar-refractivity contribution >= 4 is 33.6 Å². The number of rotatable bonds is 9. The second kappa shape index (κ2) is 9.72. The molecular weight excluding hydrogens is 376 g/mol. The van der Waals surface area contributed by atoms with Gasteiger partial charge >= 0.3 is 0 Å². The normalized spacial score (nSPS) is 10.7. The van der Waals surface area contributed by atoms with Crippen LogP contribution in [0, 0.1) is 0 Å². The van der Waals surface area contributed by atoms with E-state index in [0.717, 1.165) is 23.0 Å². The minimum Gasteiger partial charge on any atom is -0.355 e. The first kappa shape index (κ1) is 18.0. The summed E-state index contributed by atoms with van der Waals surface area (Å²) in [6, 6.07) is 7.81. The molecule has 5 nitrogen and oxygen atoms in total. The molecule has 0 saturated heterocycles. The predicted octanol–water partition coefficient (Wildman–Crippen LogP) is 4.02. The van der Waals surface area contributed by atoms with Crippen molar-refractivity contribution in [3.05, 3.63) is 28.7 Å². The standard InChI is InChI=1S/C16H21BrN4OS/c1-2-3-4-7-10-18-14(22)11-23-16-19-15(20-21-16)12-8-5-6-9-13(12)17/h5-6,8-9H,2-4,7,10-11H2,1H3,(H,18,22)(H,19,20,21). The molecule has 23 heavy (non-hydrogen) atoms. The van der Waals surface area contributed by atoms with Crippen LogP contribution in [0.5, 0.6) is 0 Å². The first-order valence-electron chi connectivity index (χ1n) is 7.77. The number of carbonyl (C=O) groups is 1. The molecule has 0 saturated carbocycles. The molecule has 0 radical (unpaired) electrons. The summed E-state index contributed by atoms with van der Waals surface area (Å²) in [5.41, 5.74) is 0.951. The van der Waals surface area contributed by atoms with Gasteiger partial charge in [0.05, 0.1) is 5.75 Å². The number of nitrogens with one attached hydrogen (secondary N) is 2. The molecule has 0 aliphatic heterocycles. The largest absolute Gasteiger partial charge is 0.355 e. The van der Waals surface area contributed by atoms with Gasteiger partial charge in [0.2, 0.25) is 11.1 Å². The maximum Gasteiger partial charge on any atom is 0.230 e. The van der Waals surface area contributed by atoms with Crippen LogP contribution < -0.4 is 5.32 Å². The van der Waals surface area contributed by atoms with Crippen LogP contribution in [0.3, 0.4) is 0 Å². The Kier molecular flexibility index (Phi) is 7.61. The summed E-state index contributed by atoms with van der Waals surface area (Å²) in [6.07, 6.45) is 4.63. The first-order chi connectivity index (χ1) is 11.2. The maximum absolute atomic E-state index is 11.8. The summed E-state index contributed by atoms with van der Waals surface area (Å²) < 4.78 is 0.956. The number of carbonyl (C=O) groups excluding carboxylic acids is 1. The molecule has 2 rings (SSSR count). The van der Waals surface area contributed by atoms with E-state index in [1.165, 1.54) is 31.0 Å². The maximum atomic E-state index is 11.8. The minimum absolute atomic E-state index is 0.0266. The molecular formula is C16H21BrN4OS. The van der Waals surface area contributed by atoms with Gasteiger partial charge in [-0.25, -0.2) is 4.98 Å². The lowest BCUT2D eigenvalue weighted by Crippen LogP contribution is -2.26. The fourth-order valence-corrected chi connectivity index (χ4v) is 3.15. The van der Waals surface area contributed by atoms with Crippen LogP contribution in [0.25, 0.3) is 11.4 Å². The molecule has 0 aliphatic rings. The lowest BCUT2D eigenvalue weighted by atomic mass is 10.2. The number of thioether (sulfide) groups is 1. The molecule has 7 heteroatoms. The monoisotopic (exact) mass is 396 g/mol. The Hall–Kier alpha value is -1.34. The van der Waals surface area contributed by atoms with E-state index in [2.05, 4.69) is 43.4 Å². The number of H-pyrrole nitrogens is 1. The average molecular weight is 397 g/mol. The van der Waals surface area contributed by atoms with Gasteiger partial charge in [0, 0.05) is 16.6 Å². The lowest BCUT2D eigenvalue weighted by molar-refractivity contribution is -0.118. The summed E-state index contributed by atoms with van der Waals surface area (Å²) in [5, 5.41) is 10.6. The highest BCUT2D eigenvalue weighted by atomic mass is 79.9. The number of hydrogen-bond donors (Lipinski definition) is 2. The number of nitrogens with zero attached hydrogens (tertiary/aromatic N) is 2. The minimum atomic E-state index is 0.0266. The topological polar surface area (TPSA) is 70.7 Å². The summed E-state index contributed by atoms with van der Waals surface area (Å²) in [6.45, 7) is 2.92. The third-order valence-corrected chi connectivity index (χ3v) is 4.82. The third kappa shape index (κ3) is 5.99. The van der Waals surface area contributed by atoms with Crippen LogP contribution in [0.15, 0.2) is 33.9 Å². The molecule has 0 fully saturated rings. The zero-order valence-electron chi connectivity index (χ0n) is 13.1. The number of amides is 1. The quantitative estimate of drug-likeness (QED) is 0.495. The molecule has 0 bridgehead atoms. The molecule has 0 aliphatic carbocycles. The Labute approximate surface area is 149 Å². The van der Waals surface area contributed by atoms with Crippen molar-refractivity contribution in [1.82, 2.24) is 20.5 Å². The smallest absolute Gasteiger partial charge is 0.230 e. The number of unbranched alkanes of at least 4 members (excludes halogenated alkanes) is 3. The van der Waals surface area contributed by atoms with Crippen LogP contribution >= 0.6 is 27.7 Å². The van der Waals surface area contributed by atoms with E-state index in [-0.39, 0.29) is 5.91 Å².